The maximum Gasteiger partial charge on any atom is 0.337 e. The number of hydrogen-bond donors (Lipinski definition) is 1. The highest BCUT2D eigenvalue weighted by Gasteiger charge is 2.64. The largest absolute Gasteiger partial charge is 0.469 e. The number of anilines is 1. The SMILES string of the molecule is COC(=O)CC1=C(C(=O)OC)[C@]2(C(=O)N1CC(=O)OC)c1cc(Br)ccc1-c1oc(N)nc12. The molecule has 1 aliphatic carbocycles. The summed E-state index contributed by atoms with van der Waals surface area (Å²) in [6.45, 7) is -0.560. The van der Waals surface area contributed by atoms with Crippen LogP contribution in [0.4, 0.5) is 6.01 Å². The Morgan fingerprint density at radius 2 is 1.85 bits per heavy atom. The number of benzene rings is 1. The van der Waals surface area contributed by atoms with Gasteiger partial charge in [-0.2, -0.15) is 4.98 Å². The van der Waals surface area contributed by atoms with Gasteiger partial charge in [0.25, 0.3) is 6.01 Å². The van der Waals surface area contributed by atoms with Crippen LogP contribution in [-0.2, 0) is 38.8 Å². The lowest BCUT2D eigenvalue weighted by Gasteiger charge is -2.26. The molecule has 172 valence electrons. The van der Waals surface area contributed by atoms with Gasteiger partial charge in [-0.25, -0.2) is 4.79 Å². The van der Waals surface area contributed by atoms with E-state index >= 15 is 0 Å². The summed E-state index contributed by atoms with van der Waals surface area (Å²) >= 11 is 3.39. The molecule has 0 fully saturated rings. The molecule has 0 saturated heterocycles. The van der Waals surface area contributed by atoms with Gasteiger partial charge in [-0.15, -0.1) is 0 Å². The van der Waals surface area contributed by atoms with Crippen LogP contribution in [0.2, 0.25) is 0 Å². The first-order chi connectivity index (χ1) is 15.7. The summed E-state index contributed by atoms with van der Waals surface area (Å²) in [7, 11) is 3.46. The lowest BCUT2D eigenvalue weighted by molar-refractivity contribution is -0.147. The van der Waals surface area contributed by atoms with Gasteiger partial charge in [-0.05, 0) is 23.8 Å². The zero-order valence-electron chi connectivity index (χ0n) is 17.8. The molecule has 4 rings (SSSR count). The van der Waals surface area contributed by atoms with E-state index in [2.05, 4.69) is 20.9 Å². The highest BCUT2D eigenvalue weighted by Crippen LogP contribution is 2.58. The Morgan fingerprint density at radius 3 is 2.48 bits per heavy atom. The van der Waals surface area contributed by atoms with Crippen molar-refractivity contribution < 1.29 is 37.8 Å². The zero-order chi connectivity index (χ0) is 24.1. The minimum atomic E-state index is -1.86. The molecule has 0 radical (unpaired) electrons. The van der Waals surface area contributed by atoms with Crippen molar-refractivity contribution in [2.24, 2.45) is 0 Å². The van der Waals surface area contributed by atoms with Crippen molar-refractivity contribution in [3.05, 3.63) is 45.2 Å². The predicted molar refractivity (Wildman–Crippen MR) is 114 cm³/mol. The number of carbonyl (C=O) groups excluding carboxylic acids is 4. The van der Waals surface area contributed by atoms with E-state index in [0.29, 0.717) is 15.6 Å². The van der Waals surface area contributed by atoms with Gasteiger partial charge in [0.2, 0.25) is 5.91 Å². The number of rotatable bonds is 5. The summed E-state index contributed by atoms with van der Waals surface area (Å²) < 4.78 is 20.7. The van der Waals surface area contributed by atoms with Crippen LogP contribution < -0.4 is 5.73 Å². The number of halogens is 1. The highest BCUT2D eigenvalue weighted by molar-refractivity contribution is 9.10. The normalized spacial score (nSPS) is 18.4. The van der Waals surface area contributed by atoms with E-state index in [-0.39, 0.29) is 28.7 Å². The first-order valence-corrected chi connectivity index (χ1v) is 10.3. The molecule has 0 unspecified atom stereocenters. The number of hydrogen-bond acceptors (Lipinski definition) is 10. The molecule has 0 bridgehead atoms. The molecule has 1 aromatic heterocycles. The minimum Gasteiger partial charge on any atom is -0.469 e. The maximum absolute atomic E-state index is 14.1. The number of nitrogens with zero attached hydrogens (tertiary/aromatic N) is 2. The van der Waals surface area contributed by atoms with Crippen molar-refractivity contribution >= 4 is 45.8 Å². The van der Waals surface area contributed by atoms with Crippen LogP contribution in [0, 0.1) is 0 Å². The quantitative estimate of drug-likeness (QED) is 0.451. The topological polar surface area (TPSA) is 151 Å². The number of amides is 1. The van der Waals surface area contributed by atoms with Crippen molar-refractivity contribution in [2.75, 3.05) is 33.6 Å². The van der Waals surface area contributed by atoms with Crippen LogP contribution in [0.5, 0.6) is 0 Å². The molecule has 1 spiro atoms. The summed E-state index contributed by atoms with van der Waals surface area (Å²) in [4.78, 5) is 57.0. The standard InChI is InChI=1S/C21H18BrN3O8/c1-30-13(26)7-12-15(18(28)32-3)21(19(29)25(12)8-14(27)31-2)11-6-9(22)4-5-10(11)16-17(21)24-20(23)33-16/h4-6H,7-8H2,1-3H3,(H2,23,24)/t21-/m1/s1. The van der Waals surface area contributed by atoms with Crippen LogP contribution >= 0.6 is 15.9 Å². The second-order valence-electron chi connectivity index (χ2n) is 7.20. The van der Waals surface area contributed by atoms with Crippen molar-refractivity contribution in [3.63, 3.8) is 0 Å². The molecule has 11 nitrogen and oxygen atoms in total. The Labute approximate surface area is 195 Å². The molecule has 33 heavy (non-hydrogen) atoms. The number of ether oxygens (including phenoxy) is 3. The minimum absolute atomic E-state index is 0.0632. The number of oxazole rings is 1. The van der Waals surface area contributed by atoms with Crippen molar-refractivity contribution in [3.8, 4) is 11.3 Å². The van der Waals surface area contributed by atoms with Crippen LogP contribution in [0.3, 0.4) is 0 Å². The predicted octanol–water partition coefficient (Wildman–Crippen LogP) is 1.29. The Morgan fingerprint density at radius 1 is 1.15 bits per heavy atom. The molecule has 1 amide bonds. The summed E-state index contributed by atoms with van der Waals surface area (Å²) in [6.07, 6.45) is -0.489. The average molecular weight is 520 g/mol. The van der Waals surface area contributed by atoms with Gasteiger partial charge in [0, 0.05) is 15.7 Å². The van der Waals surface area contributed by atoms with Gasteiger partial charge in [-0.1, -0.05) is 15.9 Å². The second kappa shape index (κ2) is 8.03. The fourth-order valence-electron chi connectivity index (χ4n) is 4.31. The lowest BCUT2D eigenvalue weighted by Crippen LogP contribution is -2.44. The number of methoxy groups -OCH3 is 3. The Hall–Kier alpha value is -3.67. The molecule has 1 aromatic carbocycles. The fourth-order valence-corrected chi connectivity index (χ4v) is 4.67. The maximum atomic E-state index is 14.1. The number of nitrogen functional groups attached to an aromatic ring is 1. The van der Waals surface area contributed by atoms with Crippen molar-refractivity contribution in [1.29, 1.82) is 0 Å². The summed E-state index contributed by atoms with van der Waals surface area (Å²) in [5, 5.41) is 0. The molecule has 1 aliphatic heterocycles. The van der Waals surface area contributed by atoms with E-state index in [1.165, 1.54) is 0 Å². The lowest BCUT2D eigenvalue weighted by atomic mass is 9.74. The fraction of sp³-hybridized carbons (Fsp3) is 0.286. The molecular weight excluding hydrogens is 502 g/mol. The third-order valence-corrected chi connectivity index (χ3v) is 6.12. The summed E-state index contributed by atoms with van der Waals surface area (Å²) in [5.41, 5.74) is 4.60. The Kier molecular flexibility index (Phi) is 5.48. The van der Waals surface area contributed by atoms with Gasteiger partial charge < -0.3 is 29.3 Å². The number of carbonyl (C=O) groups is 4. The van der Waals surface area contributed by atoms with Gasteiger partial charge in [0.05, 0.1) is 33.3 Å². The first kappa shape index (κ1) is 22.5. The average Bonchev–Trinajstić information content (AvgIpc) is 3.37. The smallest absolute Gasteiger partial charge is 0.337 e. The van der Waals surface area contributed by atoms with E-state index in [1.54, 1.807) is 18.2 Å². The molecule has 1 atom stereocenters. The van der Waals surface area contributed by atoms with Crippen molar-refractivity contribution in [2.45, 2.75) is 11.8 Å². The second-order valence-corrected chi connectivity index (χ2v) is 8.12. The van der Waals surface area contributed by atoms with E-state index in [0.717, 1.165) is 26.2 Å². The van der Waals surface area contributed by atoms with E-state index in [1.807, 2.05) is 0 Å². The number of aromatic nitrogens is 1. The number of esters is 3. The molecule has 12 heteroatoms. The van der Waals surface area contributed by atoms with Crippen LogP contribution in [0.1, 0.15) is 17.7 Å². The number of nitrogens with two attached hydrogens (primary N) is 1. The molecule has 0 saturated carbocycles. The molecule has 2 aromatic rings. The Balaban J connectivity index is 2.11. The molecule has 2 N–H and O–H groups in total. The van der Waals surface area contributed by atoms with Gasteiger partial charge >= 0.3 is 17.9 Å². The Bertz CT molecular complexity index is 1250. The monoisotopic (exact) mass is 519 g/mol. The van der Waals surface area contributed by atoms with Crippen LogP contribution in [0.15, 0.2) is 38.4 Å². The van der Waals surface area contributed by atoms with E-state index < -0.39 is 42.2 Å². The number of fused-ring (bicyclic) bond motifs is 5. The van der Waals surface area contributed by atoms with E-state index in [9.17, 15) is 19.2 Å². The van der Waals surface area contributed by atoms with Crippen molar-refractivity contribution in [1.82, 2.24) is 9.88 Å². The van der Waals surface area contributed by atoms with Crippen LogP contribution in [-0.4, -0.2) is 61.6 Å². The zero-order valence-corrected chi connectivity index (χ0v) is 19.3. The van der Waals surface area contributed by atoms with Crippen LogP contribution in [0.25, 0.3) is 11.3 Å². The third kappa shape index (κ3) is 3.12. The van der Waals surface area contributed by atoms with Gasteiger partial charge in [-0.3, -0.25) is 14.4 Å². The summed E-state index contributed by atoms with van der Waals surface area (Å²) in [5.74, 6) is -2.91. The van der Waals surface area contributed by atoms with E-state index in [4.69, 9.17) is 24.4 Å². The van der Waals surface area contributed by atoms with Gasteiger partial charge in [0.1, 0.15) is 12.2 Å². The molecule has 2 heterocycles. The third-order valence-electron chi connectivity index (χ3n) is 5.63. The van der Waals surface area contributed by atoms with Gasteiger partial charge in [0.15, 0.2) is 11.2 Å². The first-order valence-electron chi connectivity index (χ1n) is 9.55. The summed E-state index contributed by atoms with van der Waals surface area (Å²) in [6, 6.07) is 4.83. The highest BCUT2D eigenvalue weighted by atomic mass is 79.9. The molecular formula is C21H18BrN3O8. The molecule has 2 aliphatic rings.